The maximum absolute atomic E-state index is 15.1. The number of hydrogen-bond acceptors (Lipinski definition) is 5. The van der Waals surface area contributed by atoms with Crippen LogP contribution in [0.4, 0.5) is 4.39 Å². The van der Waals surface area contributed by atoms with Crippen LogP contribution in [0.2, 0.25) is 5.02 Å². The first-order valence-electron chi connectivity index (χ1n) is 15.3. The van der Waals surface area contributed by atoms with Gasteiger partial charge in [-0.25, -0.2) is 9.18 Å². The maximum Gasteiger partial charge on any atom is 0.354 e. The van der Waals surface area contributed by atoms with Crippen LogP contribution in [0.5, 0.6) is 0 Å². The lowest BCUT2D eigenvalue weighted by atomic mass is 9.90. The van der Waals surface area contributed by atoms with E-state index in [2.05, 4.69) is 27.2 Å². The summed E-state index contributed by atoms with van der Waals surface area (Å²) in [5, 5.41) is 15.4. The van der Waals surface area contributed by atoms with Crippen LogP contribution in [0.1, 0.15) is 69.5 Å². The van der Waals surface area contributed by atoms with E-state index in [9.17, 15) is 4.79 Å². The largest absolute Gasteiger partial charge is 0.368 e. The molecule has 1 fully saturated rings. The summed E-state index contributed by atoms with van der Waals surface area (Å²) in [7, 11) is 0. The monoisotopic (exact) mass is 617 g/mol. The van der Waals surface area contributed by atoms with Crippen LogP contribution in [0.25, 0.3) is 28.0 Å². The van der Waals surface area contributed by atoms with E-state index < -0.39 is 11.5 Å². The highest BCUT2D eigenvalue weighted by atomic mass is 35.5. The summed E-state index contributed by atoms with van der Waals surface area (Å²) in [5.41, 5.74) is 9.48. The van der Waals surface area contributed by atoms with Crippen molar-refractivity contribution < 1.29 is 4.39 Å². The molecule has 0 aliphatic carbocycles. The zero-order valence-electron chi connectivity index (χ0n) is 25.3. The Bertz CT molecular complexity index is 1690. The Morgan fingerprint density at radius 2 is 2.07 bits per heavy atom. The van der Waals surface area contributed by atoms with Crippen molar-refractivity contribution >= 4 is 28.5 Å². The van der Waals surface area contributed by atoms with Gasteiger partial charge in [0.15, 0.2) is 5.82 Å². The predicted octanol–water partition coefficient (Wildman–Crippen LogP) is 6.56. The molecular formula is C34H41ClFN7O. The number of nitrogens with zero attached hydrogens (tertiary/aromatic N) is 2. The van der Waals surface area contributed by atoms with Gasteiger partial charge in [-0.2, -0.15) is 4.98 Å². The van der Waals surface area contributed by atoms with Crippen molar-refractivity contribution in [2.24, 2.45) is 5.73 Å². The van der Waals surface area contributed by atoms with Gasteiger partial charge >= 0.3 is 5.69 Å². The van der Waals surface area contributed by atoms with Gasteiger partial charge in [-0.05, 0) is 93.8 Å². The minimum atomic E-state index is -0.514. The molecule has 1 aliphatic rings. The summed E-state index contributed by atoms with van der Waals surface area (Å²) < 4.78 is 16.6. The molecule has 0 radical (unpaired) electrons. The van der Waals surface area contributed by atoms with Crippen LogP contribution in [-0.4, -0.2) is 38.5 Å². The summed E-state index contributed by atoms with van der Waals surface area (Å²) >= 11 is 6.26. The molecule has 0 amide bonds. The van der Waals surface area contributed by atoms with Crippen molar-refractivity contribution in [3.63, 3.8) is 0 Å². The lowest BCUT2D eigenvalue weighted by Gasteiger charge is -2.33. The van der Waals surface area contributed by atoms with E-state index in [1.807, 2.05) is 37.3 Å². The number of nitrogens with two attached hydrogens (primary N) is 1. The van der Waals surface area contributed by atoms with Gasteiger partial charge in [-0.1, -0.05) is 36.2 Å². The average molecular weight is 618 g/mol. The molecule has 8 nitrogen and oxygen atoms in total. The van der Waals surface area contributed by atoms with E-state index in [0.717, 1.165) is 56.1 Å². The van der Waals surface area contributed by atoms with E-state index in [1.54, 1.807) is 31.3 Å². The second kappa shape index (κ2) is 13.9. The summed E-state index contributed by atoms with van der Waals surface area (Å²) in [5.74, 6) is -0.0779. The van der Waals surface area contributed by atoms with Gasteiger partial charge in [-0.15, -0.1) is 6.58 Å². The number of rotatable bonds is 11. The highest BCUT2D eigenvalue weighted by Gasteiger charge is 2.24. The number of H-pyrrole nitrogens is 1. The van der Waals surface area contributed by atoms with Gasteiger partial charge < -0.3 is 21.4 Å². The summed E-state index contributed by atoms with van der Waals surface area (Å²) in [6, 6.07) is 13.9. The Balaban J connectivity index is 1.34. The molecule has 232 valence electrons. The number of aryl methyl sites for hydroxylation is 1. The molecule has 0 bridgehead atoms. The van der Waals surface area contributed by atoms with E-state index in [-0.39, 0.29) is 23.1 Å². The minimum Gasteiger partial charge on any atom is -0.368 e. The van der Waals surface area contributed by atoms with Gasteiger partial charge in [-0.3, -0.25) is 9.98 Å². The molecule has 44 heavy (non-hydrogen) atoms. The minimum absolute atomic E-state index is 0.0528. The van der Waals surface area contributed by atoms with Crippen LogP contribution in [0.3, 0.4) is 0 Å². The zero-order chi connectivity index (χ0) is 31.4. The lowest BCUT2D eigenvalue weighted by Crippen LogP contribution is -2.42. The molecule has 5 rings (SSSR count). The smallest absolute Gasteiger partial charge is 0.354 e. The summed E-state index contributed by atoms with van der Waals surface area (Å²) in [6.45, 7) is 7.62. The fourth-order valence-electron chi connectivity index (χ4n) is 6.07. The first-order valence-corrected chi connectivity index (χ1v) is 15.7. The van der Waals surface area contributed by atoms with Gasteiger partial charge in [0.2, 0.25) is 0 Å². The molecule has 2 aromatic heterocycles. The quantitative estimate of drug-likeness (QED) is 0.0741. The Morgan fingerprint density at radius 3 is 2.77 bits per heavy atom. The van der Waals surface area contributed by atoms with Crippen molar-refractivity contribution in [1.82, 2.24) is 25.2 Å². The van der Waals surface area contributed by atoms with Crippen molar-refractivity contribution in [2.45, 2.75) is 83.0 Å². The highest BCUT2D eigenvalue weighted by Crippen LogP contribution is 2.32. The summed E-state index contributed by atoms with van der Waals surface area (Å²) in [4.78, 5) is 20.4. The number of amidine groups is 1. The molecular weight excluding hydrogens is 577 g/mol. The number of aromatic nitrogens is 3. The number of halogens is 2. The molecule has 3 heterocycles. The van der Waals surface area contributed by atoms with Gasteiger partial charge in [0, 0.05) is 41.3 Å². The number of hydrogen-bond donors (Lipinski definition) is 5. The molecule has 10 heteroatoms. The normalized spacial score (nSPS) is 18.2. The Labute approximate surface area is 262 Å². The molecule has 2 aromatic carbocycles. The second-order valence-corrected chi connectivity index (χ2v) is 12.4. The van der Waals surface area contributed by atoms with Crippen LogP contribution >= 0.6 is 11.6 Å². The van der Waals surface area contributed by atoms with E-state index >= 15 is 4.39 Å². The van der Waals surface area contributed by atoms with Gasteiger partial charge in [0.25, 0.3) is 0 Å². The Kier molecular flexibility index (Phi) is 9.98. The molecule has 0 saturated carbocycles. The van der Waals surface area contributed by atoms with Crippen molar-refractivity contribution in [3.8, 4) is 16.9 Å². The zero-order valence-corrected chi connectivity index (χ0v) is 26.1. The number of piperidine rings is 1. The van der Waals surface area contributed by atoms with Crippen molar-refractivity contribution in [2.75, 3.05) is 0 Å². The number of nitrogens with one attached hydrogen (secondary N) is 4. The van der Waals surface area contributed by atoms with Crippen LogP contribution in [-0.2, 0) is 6.42 Å². The first-order chi connectivity index (χ1) is 21.1. The van der Waals surface area contributed by atoms with Gasteiger partial charge in [0.1, 0.15) is 5.65 Å². The molecule has 1 aliphatic heterocycles. The third kappa shape index (κ3) is 7.46. The Hall–Kier alpha value is -3.79. The van der Waals surface area contributed by atoms with Crippen LogP contribution < -0.4 is 22.1 Å². The average Bonchev–Trinajstić information content (AvgIpc) is 3.40. The van der Waals surface area contributed by atoms with Crippen LogP contribution in [0.15, 0.2) is 66.1 Å². The number of fused-ring (bicyclic) bond motifs is 1. The first kappa shape index (κ1) is 31.6. The molecule has 0 spiro atoms. The SMILES string of the molecule is C=C[C@H](C[C@@H]1CCC[C@@H](c2ccc(-n3cc4cc(-c5cc(CCC[C@H](C)N)cc(Cl)c5F)[nH]c4nc3=O)cc2)N1)NC(C)=N. The van der Waals surface area contributed by atoms with E-state index in [4.69, 9.17) is 22.7 Å². The van der Waals surface area contributed by atoms with E-state index in [1.165, 1.54) is 4.57 Å². The molecule has 4 atom stereocenters. The van der Waals surface area contributed by atoms with Crippen molar-refractivity contribution in [1.29, 1.82) is 5.41 Å². The maximum atomic E-state index is 15.1. The molecule has 6 N–H and O–H groups in total. The summed E-state index contributed by atoms with van der Waals surface area (Å²) in [6.07, 6.45) is 10.1. The predicted molar refractivity (Wildman–Crippen MR) is 177 cm³/mol. The van der Waals surface area contributed by atoms with Gasteiger partial charge in [0.05, 0.1) is 22.2 Å². The molecule has 1 saturated heterocycles. The number of benzene rings is 2. The Morgan fingerprint density at radius 1 is 1.30 bits per heavy atom. The van der Waals surface area contributed by atoms with Crippen LogP contribution in [0, 0.1) is 11.2 Å². The fourth-order valence-corrected chi connectivity index (χ4v) is 6.31. The standard InChI is InChI=1S/C34H41ClFN7O/c1-4-25(39-21(3)38)18-26-9-6-10-30(40-26)23-11-13-27(14-12-23)43-19-24-17-31(41-33(24)42-34(43)44)28-15-22(8-5-7-20(2)37)16-29(35)32(28)36/h4,11-17,19-20,25-26,30,40H,1,5-10,18,37H2,2-3H3,(H2,38,39)(H,41,42,44)/t20-,25+,26-,30-/m0/s1. The number of aromatic amines is 1. The molecule has 4 aromatic rings. The third-order valence-electron chi connectivity index (χ3n) is 8.29. The van der Waals surface area contributed by atoms with E-state index in [0.29, 0.717) is 39.9 Å². The lowest BCUT2D eigenvalue weighted by molar-refractivity contribution is 0.302. The fraction of sp³-hybridized carbons (Fsp3) is 0.382. The van der Waals surface area contributed by atoms with Crippen molar-refractivity contribution in [3.05, 3.63) is 93.8 Å². The topological polar surface area (TPSA) is 125 Å². The molecule has 0 unspecified atom stereocenters. The third-order valence-corrected chi connectivity index (χ3v) is 8.57. The highest BCUT2D eigenvalue weighted by molar-refractivity contribution is 6.31. The second-order valence-electron chi connectivity index (χ2n) is 12.0.